The molecule has 1 unspecified atom stereocenters. The van der Waals surface area contributed by atoms with Gasteiger partial charge < -0.3 is 10.1 Å². The predicted molar refractivity (Wildman–Crippen MR) is 91.2 cm³/mol. The first-order chi connectivity index (χ1) is 9.83. The van der Waals surface area contributed by atoms with Gasteiger partial charge in [0, 0.05) is 15.8 Å². The number of rotatable bonds is 6. The first-order valence-corrected chi connectivity index (χ1v) is 7.73. The number of aryl methyl sites for hydroxylation is 1. The summed E-state index contributed by atoms with van der Waals surface area (Å²) >= 11 is 2.23. The van der Waals surface area contributed by atoms with E-state index in [0.29, 0.717) is 6.54 Å². The molecule has 0 spiro atoms. The summed E-state index contributed by atoms with van der Waals surface area (Å²) in [6.45, 7) is 4.45. The summed E-state index contributed by atoms with van der Waals surface area (Å²) < 4.78 is 5.81. The van der Waals surface area contributed by atoms with Gasteiger partial charge in [-0.25, -0.2) is 0 Å². The summed E-state index contributed by atoms with van der Waals surface area (Å²) in [5, 5.41) is 2.88. The molecule has 0 aliphatic heterocycles. The minimum atomic E-state index is -0.268. The summed E-state index contributed by atoms with van der Waals surface area (Å²) in [4.78, 5) is 25.2. The molecule has 0 heterocycles. The Kier molecular flexibility index (Phi) is 7.10. The maximum atomic E-state index is 12.0. The number of benzene rings is 1. The van der Waals surface area contributed by atoms with Crippen molar-refractivity contribution in [3.05, 3.63) is 27.3 Å². The quantitative estimate of drug-likeness (QED) is 0.584. The predicted octanol–water partition coefficient (Wildman–Crippen LogP) is 2.28. The van der Waals surface area contributed by atoms with Gasteiger partial charge in [0.1, 0.15) is 0 Å². The number of carbonyl (C=O) groups excluding carboxylic acids is 2. The number of anilines is 1. The second kappa shape index (κ2) is 8.33. The van der Waals surface area contributed by atoms with Crippen LogP contribution in [0, 0.1) is 16.4 Å². The van der Waals surface area contributed by atoms with E-state index in [9.17, 15) is 9.59 Å². The van der Waals surface area contributed by atoms with Gasteiger partial charge in [-0.1, -0.05) is 6.92 Å². The number of halogens is 1. The largest absolute Gasteiger partial charge is 0.469 e. The van der Waals surface area contributed by atoms with Crippen molar-refractivity contribution >= 4 is 40.2 Å². The lowest BCUT2D eigenvalue weighted by atomic mass is 10.1. The fourth-order valence-corrected chi connectivity index (χ4v) is 2.66. The van der Waals surface area contributed by atoms with Crippen molar-refractivity contribution in [3.63, 3.8) is 0 Å². The maximum Gasteiger partial charge on any atom is 0.309 e. The van der Waals surface area contributed by atoms with E-state index in [1.165, 1.54) is 7.11 Å². The Balaban J connectivity index is 2.51. The number of hydrogen-bond donors (Lipinski definition) is 1. The summed E-state index contributed by atoms with van der Waals surface area (Å²) in [6.07, 6.45) is 0. The van der Waals surface area contributed by atoms with Crippen molar-refractivity contribution in [1.29, 1.82) is 0 Å². The van der Waals surface area contributed by atoms with Crippen LogP contribution in [0.25, 0.3) is 0 Å². The standard InChI is InChI=1S/C15H21IN2O3/c1-10-7-12(16)5-6-13(10)17-14(19)9-18(3)8-11(2)15(20)21-4/h5-7,11H,8-9H2,1-4H3,(H,17,19). The highest BCUT2D eigenvalue weighted by Crippen LogP contribution is 2.17. The Hall–Kier alpha value is -1.15. The van der Waals surface area contributed by atoms with E-state index in [0.717, 1.165) is 14.8 Å². The van der Waals surface area contributed by atoms with Gasteiger partial charge in [0.2, 0.25) is 5.91 Å². The van der Waals surface area contributed by atoms with Crippen molar-refractivity contribution in [1.82, 2.24) is 4.90 Å². The highest BCUT2D eigenvalue weighted by molar-refractivity contribution is 14.1. The van der Waals surface area contributed by atoms with E-state index in [-0.39, 0.29) is 24.3 Å². The highest BCUT2D eigenvalue weighted by atomic mass is 127. The lowest BCUT2D eigenvalue weighted by Crippen LogP contribution is -2.35. The Morgan fingerprint density at radius 2 is 2.10 bits per heavy atom. The van der Waals surface area contributed by atoms with Crippen LogP contribution >= 0.6 is 22.6 Å². The molecule has 21 heavy (non-hydrogen) atoms. The third-order valence-corrected chi connectivity index (χ3v) is 3.74. The Morgan fingerprint density at radius 3 is 2.67 bits per heavy atom. The van der Waals surface area contributed by atoms with E-state index >= 15 is 0 Å². The Morgan fingerprint density at radius 1 is 1.43 bits per heavy atom. The van der Waals surface area contributed by atoms with Crippen molar-refractivity contribution in [2.75, 3.05) is 32.6 Å². The van der Waals surface area contributed by atoms with Crippen LogP contribution in [0.4, 0.5) is 5.69 Å². The zero-order valence-corrected chi connectivity index (χ0v) is 14.9. The van der Waals surface area contributed by atoms with Gasteiger partial charge in [-0.05, 0) is 60.3 Å². The summed E-state index contributed by atoms with van der Waals surface area (Å²) in [5.41, 5.74) is 1.84. The number of amides is 1. The lowest BCUT2D eigenvalue weighted by molar-refractivity contribution is -0.145. The number of nitrogens with one attached hydrogen (secondary N) is 1. The number of ether oxygens (including phenoxy) is 1. The molecule has 1 aromatic carbocycles. The average Bonchev–Trinajstić information content (AvgIpc) is 2.40. The zero-order chi connectivity index (χ0) is 16.0. The molecule has 0 aliphatic rings. The van der Waals surface area contributed by atoms with Gasteiger partial charge in [-0.15, -0.1) is 0 Å². The van der Waals surface area contributed by atoms with E-state index < -0.39 is 0 Å². The van der Waals surface area contributed by atoms with Gasteiger partial charge >= 0.3 is 5.97 Å². The van der Waals surface area contributed by atoms with Crippen LogP contribution in [0.3, 0.4) is 0 Å². The molecule has 0 fully saturated rings. The molecule has 6 heteroatoms. The number of nitrogens with zero attached hydrogens (tertiary/aromatic N) is 1. The summed E-state index contributed by atoms with van der Waals surface area (Å²) in [7, 11) is 3.17. The first-order valence-electron chi connectivity index (χ1n) is 6.66. The smallest absolute Gasteiger partial charge is 0.309 e. The van der Waals surface area contributed by atoms with Crippen LogP contribution in [0.1, 0.15) is 12.5 Å². The molecule has 116 valence electrons. The van der Waals surface area contributed by atoms with Gasteiger partial charge in [-0.2, -0.15) is 0 Å². The van der Waals surface area contributed by atoms with E-state index in [2.05, 4.69) is 32.6 Å². The molecular formula is C15H21IN2O3. The highest BCUT2D eigenvalue weighted by Gasteiger charge is 2.17. The van der Waals surface area contributed by atoms with Crippen LogP contribution in [0.15, 0.2) is 18.2 Å². The van der Waals surface area contributed by atoms with Crippen LogP contribution in [0.5, 0.6) is 0 Å². The fourth-order valence-electron chi connectivity index (χ4n) is 2.01. The number of esters is 1. The normalized spacial score (nSPS) is 12.1. The van der Waals surface area contributed by atoms with E-state index in [4.69, 9.17) is 0 Å². The second-order valence-electron chi connectivity index (χ2n) is 5.13. The van der Waals surface area contributed by atoms with Crippen molar-refractivity contribution in [2.45, 2.75) is 13.8 Å². The first kappa shape index (κ1) is 17.9. The topological polar surface area (TPSA) is 58.6 Å². The van der Waals surface area contributed by atoms with Crippen molar-refractivity contribution in [2.24, 2.45) is 5.92 Å². The average molecular weight is 404 g/mol. The zero-order valence-electron chi connectivity index (χ0n) is 12.8. The van der Waals surface area contributed by atoms with Gasteiger partial charge in [-0.3, -0.25) is 14.5 Å². The minimum absolute atomic E-state index is 0.0983. The second-order valence-corrected chi connectivity index (χ2v) is 6.37. The molecular weight excluding hydrogens is 383 g/mol. The van der Waals surface area contributed by atoms with Crippen LogP contribution in [0.2, 0.25) is 0 Å². The Labute approximate surface area is 139 Å². The molecule has 1 aromatic rings. The molecule has 1 rings (SSSR count). The number of carbonyl (C=O) groups is 2. The summed E-state index contributed by atoms with van der Waals surface area (Å²) in [6, 6.07) is 5.86. The van der Waals surface area contributed by atoms with Crippen molar-refractivity contribution in [3.8, 4) is 0 Å². The number of methoxy groups -OCH3 is 1. The van der Waals surface area contributed by atoms with Gasteiger partial charge in [0.25, 0.3) is 0 Å². The maximum absolute atomic E-state index is 12.0. The fraction of sp³-hybridized carbons (Fsp3) is 0.467. The third kappa shape index (κ3) is 6.01. The lowest BCUT2D eigenvalue weighted by Gasteiger charge is -2.19. The van der Waals surface area contributed by atoms with E-state index in [1.54, 1.807) is 18.9 Å². The van der Waals surface area contributed by atoms with Crippen molar-refractivity contribution < 1.29 is 14.3 Å². The molecule has 1 N–H and O–H groups in total. The molecule has 0 aromatic heterocycles. The molecule has 5 nitrogen and oxygen atoms in total. The van der Waals surface area contributed by atoms with Crippen LogP contribution < -0.4 is 5.32 Å². The third-order valence-electron chi connectivity index (χ3n) is 3.07. The van der Waals surface area contributed by atoms with E-state index in [1.807, 2.05) is 25.1 Å². The van der Waals surface area contributed by atoms with Gasteiger partial charge in [0.05, 0.1) is 19.6 Å². The Bertz CT molecular complexity index is 520. The molecule has 0 bridgehead atoms. The molecule has 0 aliphatic carbocycles. The van der Waals surface area contributed by atoms with Gasteiger partial charge in [0.15, 0.2) is 0 Å². The summed E-state index contributed by atoms with van der Waals surface area (Å²) in [5.74, 6) is -0.623. The molecule has 0 saturated carbocycles. The minimum Gasteiger partial charge on any atom is -0.469 e. The monoisotopic (exact) mass is 404 g/mol. The van der Waals surface area contributed by atoms with Crippen LogP contribution in [-0.4, -0.2) is 44.0 Å². The number of likely N-dealkylation sites (N-methyl/N-ethyl adjacent to an activating group) is 1. The molecule has 0 radical (unpaired) electrons. The van der Waals surface area contributed by atoms with Crippen LogP contribution in [-0.2, 0) is 14.3 Å². The molecule has 1 atom stereocenters. The number of hydrogen-bond acceptors (Lipinski definition) is 4. The SMILES string of the molecule is COC(=O)C(C)CN(C)CC(=O)Nc1ccc(I)cc1C. The molecule has 1 amide bonds. The molecule has 0 saturated heterocycles.